The molecule has 19 heavy (non-hydrogen) atoms. The lowest BCUT2D eigenvalue weighted by Gasteiger charge is -2.28. The SMILES string of the molecule is COc1cc(N)c(NC2CCC(C)CC2)cc1OC. The second-order valence-electron chi connectivity index (χ2n) is 5.40. The predicted octanol–water partition coefficient (Wildman–Crippen LogP) is 3.28. The van der Waals surface area contributed by atoms with Gasteiger partial charge in [0.05, 0.1) is 25.6 Å². The van der Waals surface area contributed by atoms with Crippen LogP contribution in [0.2, 0.25) is 0 Å². The van der Waals surface area contributed by atoms with Crippen LogP contribution >= 0.6 is 0 Å². The van der Waals surface area contributed by atoms with Gasteiger partial charge in [-0.2, -0.15) is 0 Å². The Morgan fingerprint density at radius 1 is 1.05 bits per heavy atom. The fraction of sp³-hybridized carbons (Fsp3) is 0.600. The Morgan fingerprint density at radius 2 is 1.63 bits per heavy atom. The Morgan fingerprint density at radius 3 is 2.21 bits per heavy atom. The molecule has 0 atom stereocenters. The number of hydrogen-bond acceptors (Lipinski definition) is 4. The smallest absolute Gasteiger partial charge is 0.162 e. The third-order valence-electron chi connectivity index (χ3n) is 3.93. The standard InChI is InChI=1S/C15H24N2O2/c1-10-4-6-11(7-5-10)17-13-9-15(19-3)14(18-2)8-12(13)16/h8-11,17H,4-7,16H2,1-3H3. The van der Waals surface area contributed by atoms with E-state index in [0.29, 0.717) is 23.2 Å². The van der Waals surface area contributed by atoms with E-state index in [1.54, 1.807) is 14.2 Å². The summed E-state index contributed by atoms with van der Waals surface area (Å²) in [5.41, 5.74) is 7.71. The lowest BCUT2D eigenvalue weighted by atomic mass is 9.87. The van der Waals surface area contributed by atoms with Gasteiger partial charge >= 0.3 is 0 Å². The van der Waals surface area contributed by atoms with Crippen molar-refractivity contribution >= 4 is 11.4 Å². The van der Waals surface area contributed by atoms with Crippen LogP contribution < -0.4 is 20.5 Å². The summed E-state index contributed by atoms with van der Waals surface area (Å²) >= 11 is 0. The molecule has 0 aromatic heterocycles. The minimum absolute atomic E-state index is 0.511. The number of benzene rings is 1. The molecule has 3 N–H and O–H groups in total. The van der Waals surface area contributed by atoms with Gasteiger partial charge in [-0.05, 0) is 31.6 Å². The van der Waals surface area contributed by atoms with Crippen molar-refractivity contribution in [1.29, 1.82) is 0 Å². The van der Waals surface area contributed by atoms with E-state index in [-0.39, 0.29) is 0 Å². The van der Waals surface area contributed by atoms with Gasteiger partial charge in [0.15, 0.2) is 11.5 Å². The van der Waals surface area contributed by atoms with Gasteiger partial charge in [0.25, 0.3) is 0 Å². The van der Waals surface area contributed by atoms with E-state index in [4.69, 9.17) is 15.2 Å². The summed E-state index contributed by atoms with van der Waals surface area (Å²) < 4.78 is 10.6. The van der Waals surface area contributed by atoms with Crippen LogP contribution in [-0.2, 0) is 0 Å². The lowest BCUT2D eigenvalue weighted by molar-refractivity contribution is 0.354. The highest BCUT2D eigenvalue weighted by atomic mass is 16.5. The lowest BCUT2D eigenvalue weighted by Crippen LogP contribution is -2.25. The Kier molecular flexibility index (Phi) is 4.40. The zero-order valence-electron chi connectivity index (χ0n) is 12.0. The molecular formula is C15H24N2O2. The summed E-state index contributed by atoms with van der Waals surface area (Å²) in [5.74, 6) is 2.23. The third kappa shape index (κ3) is 3.25. The van der Waals surface area contributed by atoms with Gasteiger partial charge < -0.3 is 20.5 Å². The molecule has 0 spiro atoms. The van der Waals surface area contributed by atoms with E-state index < -0.39 is 0 Å². The molecule has 0 radical (unpaired) electrons. The molecule has 0 heterocycles. The van der Waals surface area contributed by atoms with Gasteiger partial charge in [-0.3, -0.25) is 0 Å². The van der Waals surface area contributed by atoms with E-state index >= 15 is 0 Å². The molecule has 0 saturated heterocycles. The van der Waals surface area contributed by atoms with Crippen molar-refractivity contribution < 1.29 is 9.47 Å². The quantitative estimate of drug-likeness (QED) is 0.819. The highest BCUT2D eigenvalue weighted by molar-refractivity contribution is 5.72. The van der Waals surface area contributed by atoms with Crippen LogP contribution in [0, 0.1) is 5.92 Å². The molecule has 0 aliphatic heterocycles. The first-order valence-corrected chi connectivity index (χ1v) is 6.92. The van der Waals surface area contributed by atoms with Crippen molar-refractivity contribution in [2.75, 3.05) is 25.3 Å². The van der Waals surface area contributed by atoms with E-state index in [0.717, 1.165) is 11.6 Å². The molecule has 0 bridgehead atoms. The van der Waals surface area contributed by atoms with E-state index in [9.17, 15) is 0 Å². The van der Waals surface area contributed by atoms with E-state index in [1.807, 2.05) is 12.1 Å². The van der Waals surface area contributed by atoms with Crippen LogP contribution in [0.25, 0.3) is 0 Å². The van der Waals surface area contributed by atoms with Crippen molar-refractivity contribution in [1.82, 2.24) is 0 Å². The Labute approximate surface area is 115 Å². The van der Waals surface area contributed by atoms with Crippen LogP contribution in [0.4, 0.5) is 11.4 Å². The average Bonchev–Trinajstić information content (AvgIpc) is 2.43. The van der Waals surface area contributed by atoms with Crippen molar-refractivity contribution in [2.24, 2.45) is 5.92 Å². The maximum atomic E-state index is 6.07. The van der Waals surface area contributed by atoms with Crippen LogP contribution in [0.5, 0.6) is 11.5 Å². The van der Waals surface area contributed by atoms with Crippen LogP contribution in [0.15, 0.2) is 12.1 Å². The normalized spacial score (nSPS) is 22.9. The maximum absolute atomic E-state index is 6.07. The number of nitrogen functional groups attached to an aromatic ring is 1. The zero-order valence-corrected chi connectivity index (χ0v) is 12.0. The largest absolute Gasteiger partial charge is 0.493 e. The first-order valence-electron chi connectivity index (χ1n) is 6.92. The summed E-state index contributed by atoms with van der Waals surface area (Å²) in [4.78, 5) is 0. The predicted molar refractivity (Wildman–Crippen MR) is 79.0 cm³/mol. The first kappa shape index (κ1) is 13.8. The second kappa shape index (κ2) is 6.04. The first-order chi connectivity index (χ1) is 9.13. The summed E-state index contributed by atoms with van der Waals surface area (Å²) in [5, 5.41) is 3.54. The molecule has 1 aromatic carbocycles. The Balaban J connectivity index is 2.11. The van der Waals surface area contributed by atoms with Crippen molar-refractivity contribution in [3.05, 3.63) is 12.1 Å². The molecule has 0 amide bonds. The van der Waals surface area contributed by atoms with Gasteiger partial charge in [-0.25, -0.2) is 0 Å². The molecule has 1 fully saturated rings. The number of ether oxygens (including phenoxy) is 2. The molecule has 4 heteroatoms. The fourth-order valence-corrected chi connectivity index (χ4v) is 2.64. The number of anilines is 2. The minimum atomic E-state index is 0.511. The van der Waals surface area contributed by atoms with Gasteiger partial charge in [-0.1, -0.05) is 6.92 Å². The maximum Gasteiger partial charge on any atom is 0.162 e. The summed E-state index contributed by atoms with van der Waals surface area (Å²) in [6.07, 6.45) is 4.97. The molecule has 1 aliphatic rings. The van der Waals surface area contributed by atoms with Crippen molar-refractivity contribution in [2.45, 2.75) is 38.6 Å². The molecule has 4 nitrogen and oxygen atoms in total. The number of nitrogens with two attached hydrogens (primary N) is 1. The molecular weight excluding hydrogens is 240 g/mol. The fourth-order valence-electron chi connectivity index (χ4n) is 2.64. The number of nitrogens with one attached hydrogen (secondary N) is 1. The Hall–Kier alpha value is -1.58. The number of methoxy groups -OCH3 is 2. The summed E-state index contributed by atoms with van der Waals surface area (Å²) in [6.45, 7) is 2.32. The number of hydrogen-bond donors (Lipinski definition) is 2. The van der Waals surface area contributed by atoms with Gasteiger partial charge in [0.2, 0.25) is 0 Å². The molecule has 1 saturated carbocycles. The number of rotatable bonds is 4. The summed E-state index contributed by atoms with van der Waals surface area (Å²) in [6, 6.07) is 4.25. The Bertz CT molecular complexity index is 426. The highest BCUT2D eigenvalue weighted by Gasteiger charge is 2.19. The monoisotopic (exact) mass is 264 g/mol. The average molecular weight is 264 g/mol. The summed E-state index contributed by atoms with van der Waals surface area (Å²) in [7, 11) is 3.26. The third-order valence-corrected chi connectivity index (χ3v) is 3.93. The van der Waals surface area contributed by atoms with Gasteiger partial charge in [-0.15, -0.1) is 0 Å². The van der Waals surface area contributed by atoms with Crippen molar-refractivity contribution in [3.8, 4) is 11.5 Å². The van der Waals surface area contributed by atoms with Crippen molar-refractivity contribution in [3.63, 3.8) is 0 Å². The van der Waals surface area contributed by atoms with Gasteiger partial charge in [0, 0.05) is 18.2 Å². The topological polar surface area (TPSA) is 56.5 Å². The van der Waals surface area contributed by atoms with Gasteiger partial charge in [0.1, 0.15) is 0 Å². The highest BCUT2D eigenvalue weighted by Crippen LogP contribution is 2.36. The molecule has 0 unspecified atom stereocenters. The molecule has 1 aromatic rings. The minimum Gasteiger partial charge on any atom is -0.493 e. The van der Waals surface area contributed by atoms with E-state index in [1.165, 1.54) is 25.7 Å². The van der Waals surface area contributed by atoms with Crippen LogP contribution in [0.1, 0.15) is 32.6 Å². The zero-order chi connectivity index (χ0) is 13.8. The van der Waals surface area contributed by atoms with Crippen LogP contribution in [-0.4, -0.2) is 20.3 Å². The van der Waals surface area contributed by atoms with Crippen LogP contribution in [0.3, 0.4) is 0 Å². The molecule has 2 rings (SSSR count). The second-order valence-corrected chi connectivity index (χ2v) is 5.40. The molecule has 1 aliphatic carbocycles. The molecule has 106 valence electrons. The van der Waals surface area contributed by atoms with E-state index in [2.05, 4.69) is 12.2 Å².